The number of fused-ring (bicyclic) bond motifs is 1. The van der Waals surface area contributed by atoms with Gasteiger partial charge in [-0.2, -0.15) is 0 Å². The van der Waals surface area contributed by atoms with E-state index in [2.05, 4.69) is 27.9 Å². The molecular formula is C23H22F2N2O. The lowest BCUT2D eigenvalue weighted by atomic mass is 9.78. The molecule has 0 bridgehead atoms. The molecule has 1 aromatic heterocycles. The van der Waals surface area contributed by atoms with Crippen LogP contribution in [0.2, 0.25) is 0 Å². The van der Waals surface area contributed by atoms with E-state index < -0.39 is 17.2 Å². The van der Waals surface area contributed by atoms with E-state index in [1.165, 1.54) is 11.6 Å². The fourth-order valence-corrected chi connectivity index (χ4v) is 4.10. The van der Waals surface area contributed by atoms with Gasteiger partial charge in [0.1, 0.15) is 5.60 Å². The number of halogens is 2. The largest absolute Gasteiger partial charge is 0.377 e. The van der Waals surface area contributed by atoms with Crippen LogP contribution in [0.1, 0.15) is 17.5 Å². The second-order valence-corrected chi connectivity index (χ2v) is 7.57. The lowest BCUT2D eigenvalue weighted by Crippen LogP contribution is -2.51. The molecule has 1 aliphatic heterocycles. The Morgan fingerprint density at radius 1 is 1.21 bits per heavy atom. The molecule has 2 N–H and O–H groups in total. The number of terminal acetylenes is 1. The monoisotopic (exact) mass is 380 g/mol. The summed E-state index contributed by atoms with van der Waals surface area (Å²) in [6, 6.07) is 12.5. The zero-order valence-electron chi connectivity index (χ0n) is 15.5. The van der Waals surface area contributed by atoms with Crippen molar-refractivity contribution in [3.05, 3.63) is 71.4 Å². The molecule has 5 heteroatoms. The van der Waals surface area contributed by atoms with Gasteiger partial charge in [0.15, 0.2) is 11.6 Å². The first kappa shape index (κ1) is 18.7. The molecule has 1 fully saturated rings. The fourth-order valence-electron chi connectivity index (χ4n) is 4.10. The van der Waals surface area contributed by atoms with Crippen molar-refractivity contribution >= 4 is 10.9 Å². The summed E-state index contributed by atoms with van der Waals surface area (Å²) in [5, 5.41) is 11.6. The third-order valence-corrected chi connectivity index (χ3v) is 5.74. The summed E-state index contributed by atoms with van der Waals surface area (Å²) in [5.41, 5.74) is 1.36. The van der Waals surface area contributed by atoms with Crippen LogP contribution in [0, 0.1) is 29.9 Å². The summed E-state index contributed by atoms with van der Waals surface area (Å²) in [5.74, 6) is 0.613. The van der Waals surface area contributed by atoms with Crippen LogP contribution in [0.5, 0.6) is 0 Å². The van der Waals surface area contributed by atoms with Gasteiger partial charge < -0.3 is 10.1 Å². The van der Waals surface area contributed by atoms with Gasteiger partial charge in [0.05, 0.1) is 0 Å². The number of nitrogens with zero attached hydrogens (tertiary/aromatic N) is 1. The number of rotatable bonds is 4. The van der Waals surface area contributed by atoms with Crippen LogP contribution in [0.25, 0.3) is 10.9 Å². The Bertz CT molecular complexity index is 1020. The molecule has 2 heterocycles. The van der Waals surface area contributed by atoms with Crippen molar-refractivity contribution in [3.8, 4) is 12.3 Å². The predicted molar refractivity (Wildman–Crippen MR) is 106 cm³/mol. The van der Waals surface area contributed by atoms with E-state index in [9.17, 15) is 13.9 Å². The van der Waals surface area contributed by atoms with Crippen LogP contribution in [0.15, 0.2) is 48.7 Å². The minimum Gasteiger partial charge on any atom is -0.377 e. The summed E-state index contributed by atoms with van der Waals surface area (Å²) in [6.07, 6.45) is 8.38. The molecule has 0 saturated carbocycles. The summed E-state index contributed by atoms with van der Waals surface area (Å²) < 4.78 is 27.2. The maximum atomic E-state index is 13.7. The average Bonchev–Trinajstić information content (AvgIpc) is 3.07. The van der Waals surface area contributed by atoms with Gasteiger partial charge in [-0.3, -0.25) is 4.90 Å². The van der Waals surface area contributed by atoms with Gasteiger partial charge in [-0.25, -0.2) is 8.78 Å². The SMILES string of the molecule is C#CC1(O)CCN(Cc2ccccc2)CC1Cc1c[nH]c2cc(F)c(F)cc12. The van der Waals surface area contributed by atoms with E-state index >= 15 is 0 Å². The van der Waals surface area contributed by atoms with Crippen LogP contribution in [0.4, 0.5) is 8.78 Å². The number of aliphatic hydroxyl groups is 1. The molecule has 3 aromatic rings. The third-order valence-electron chi connectivity index (χ3n) is 5.74. The number of H-pyrrole nitrogens is 1. The number of aromatic amines is 1. The van der Waals surface area contributed by atoms with Crippen molar-refractivity contribution in [2.45, 2.75) is 25.0 Å². The maximum absolute atomic E-state index is 13.7. The molecule has 1 saturated heterocycles. The second kappa shape index (κ2) is 7.38. The molecule has 144 valence electrons. The molecule has 0 aliphatic carbocycles. The lowest BCUT2D eigenvalue weighted by Gasteiger charge is -2.42. The van der Waals surface area contributed by atoms with Gasteiger partial charge in [-0.1, -0.05) is 36.3 Å². The maximum Gasteiger partial charge on any atom is 0.160 e. The number of piperidine rings is 1. The number of likely N-dealkylation sites (tertiary alicyclic amines) is 1. The van der Waals surface area contributed by atoms with Crippen molar-refractivity contribution in [2.24, 2.45) is 5.92 Å². The van der Waals surface area contributed by atoms with Crippen molar-refractivity contribution in [1.82, 2.24) is 9.88 Å². The minimum absolute atomic E-state index is 0.206. The molecule has 2 unspecified atom stereocenters. The Hall–Kier alpha value is -2.68. The highest BCUT2D eigenvalue weighted by Crippen LogP contribution is 2.33. The molecule has 4 rings (SSSR count). The zero-order valence-corrected chi connectivity index (χ0v) is 15.5. The molecule has 2 atom stereocenters. The molecule has 0 radical (unpaired) electrons. The third kappa shape index (κ3) is 3.54. The highest BCUT2D eigenvalue weighted by molar-refractivity contribution is 5.83. The summed E-state index contributed by atoms with van der Waals surface area (Å²) in [4.78, 5) is 5.27. The Balaban J connectivity index is 1.58. The van der Waals surface area contributed by atoms with Crippen LogP contribution in [0.3, 0.4) is 0 Å². The Kier molecular flexibility index (Phi) is 4.92. The van der Waals surface area contributed by atoms with Crippen molar-refractivity contribution < 1.29 is 13.9 Å². The van der Waals surface area contributed by atoms with Crippen molar-refractivity contribution in [1.29, 1.82) is 0 Å². The van der Waals surface area contributed by atoms with Crippen LogP contribution >= 0.6 is 0 Å². The van der Waals surface area contributed by atoms with Crippen molar-refractivity contribution in [3.63, 3.8) is 0 Å². The normalized spacial score (nSPS) is 23.0. The first-order valence-corrected chi connectivity index (χ1v) is 9.40. The van der Waals surface area contributed by atoms with Gasteiger partial charge in [0, 0.05) is 55.1 Å². The van der Waals surface area contributed by atoms with E-state index in [-0.39, 0.29) is 5.92 Å². The van der Waals surface area contributed by atoms with E-state index in [0.717, 1.165) is 18.2 Å². The van der Waals surface area contributed by atoms with E-state index in [1.807, 2.05) is 18.2 Å². The lowest BCUT2D eigenvalue weighted by molar-refractivity contribution is -0.0289. The Morgan fingerprint density at radius 3 is 2.71 bits per heavy atom. The van der Waals surface area contributed by atoms with Crippen LogP contribution in [-0.2, 0) is 13.0 Å². The molecule has 0 spiro atoms. The quantitative estimate of drug-likeness (QED) is 0.675. The van der Waals surface area contributed by atoms with Crippen LogP contribution in [-0.4, -0.2) is 33.7 Å². The van der Waals surface area contributed by atoms with Gasteiger partial charge >= 0.3 is 0 Å². The molecular weight excluding hydrogens is 358 g/mol. The second-order valence-electron chi connectivity index (χ2n) is 7.57. The van der Waals surface area contributed by atoms with Gasteiger partial charge in [-0.15, -0.1) is 6.42 Å². The number of aromatic nitrogens is 1. The first-order chi connectivity index (χ1) is 13.5. The molecule has 1 aliphatic rings. The standard InChI is InChI=1S/C23H22F2N2O/c1-2-23(28)8-9-27(14-16-6-4-3-5-7-16)15-18(23)10-17-13-26-22-12-21(25)20(24)11-19(17)22/h1,3-7,11-13,18,26,28H,8-10,14-15H2. The number of hydrogen-bond acceptors (Lipinski definition) is 2. The molecule has 0 amide bonds. The number of nitrogens with one attached hydrogen (secondary N) is 1. The molecule has 2 aromatic carbocycles. The highest BCUT2D eigenvalue weighted by Gasteiger charge is 2.40. The van der Waals surface area contributed by atoms with E-state index in [1.54, 1.807) is 6.20 Å². The molecule has 28 heavy (non-hydrogen) atoms. The number of benzene rings is 2. The fraction of sp³-hybridized carbons (Fsp3) is 0.304. The summed E-state index contributed by atoms with van der Waals surface area (Å²) >= 11 is 0. The summed E-state index contributed by atoms with van der Waals surface area (Å²) in [7, 11) is 0. The van der Waals surface area contributed by atoms with Gasteiger partial charge in [-0.05, 0) is 23.6 Å². The Labute approximate surface area is 163 Å². The average molecular weight is 380 g/mol. The van der Waals surface area contributed by atoms with Gasteiger partial charge in [0.25, 0.3) is 0 Å². The highest BCUT2D eigenvalue weighted by atomic mass is 19.2. The van der Waals surface area contributed by atoms with Crippen molar-refractivity contribution in [2.75, 3.05) is 13.1 Å². The zero-order chi connectivity index (χ0) is 19.7. The smallest absolute Gasteiger partial charge is 0.160 e. The van der Waals surface area contributed by atoms with E-state index in [0.29, 0.717) is 36.8 Å². The number of hydrogen-bond donors (Lipinski definition) is 2. The van der Waals surface area contributed by atoms with E-state index in [4.69, 9.17) is 6.42 Å². The minimum atomic E-state index is -1.21. The van der Waals surface area contributed by atoms with Gasteiger partial charge in [0.2, 0.25) is 0 Å². The first-order valence-electron chi connectivity index (χ1n) is 9.40. The molecule has 3 nitrogen and oxygen atoms in total. The predicted octanol–water partition coefficient (Wildman–Crippen LogP) is 3.88. The topological polar surface area (TPSA) is 39.3 Å². The van der Waals surface area contributed by atoms with Crippen LogP contribution < -0.4 is 0 Å². The summed E-state index contributed by atoms with van der Waals surface area (Å²) in [6.45, 7) is 2.12. The Morgan fingerprint density at radius 2 is 1.96 bits per heavy atom.